The lowest BCUT2D eigenvalue weighted by atomic mass is 10.1. The van der Waals surface area contributed by atoms with Crippen LogP contribution in [0, 0.1) is 0 Å². The summed E-state index contributed by atoms with van der Waals surface area (Å²) in [5, 5.41) is 17.2. The fourth-order valence-electron chi connectivity index (χ4n) is 4.98. The summed E-state index contributed by atoms with van der Waals surface area (Å²) in [5.74, 6) is 1.35. The Hall–Kier alpha value is -5.23. The van der Waals surface area contributed by atoms with Gasteiger partial charge in [0.2, 0.25) is 0 Å². The number of aryl methyl sites for hydroxylation is 1. The van der Waals surface area contributed by atoms with Crippen LogP contribution >= 0.6 is 0 Å². The number of ether oxygens (including phenoxy) is 1. The first kappa shape index (κ1) is 27.0. The molecule has 0 bridgehead atoms. The molecule has 0 spiro atoms. The van der Waals surface area contributed by atoms with Crippen molar-refractivity contribution in [1.29, 1.82) is 0 Å². The number of amides is 2. The van der Waals surface area contributed by atoms with Crippen molar-refractivity contribution >= 4 is 34.7 Å². The van der Waals surface area contributed by atoms with E-state index in [0.29, 0.717) is 42.7 Å². The lowest BCUT2D eigenvalue weighted by Gasteiger charge is -2.40. The number of benzene rings is 2. The van der Waals surface area contributed by atoms with E-state index in [9.17, 15) is 14.7 Å². The molecule has 1 aliphatic rings. The molecule has 2 aromatic carbocycles. The van der Waals surface area contributed by atoms with Gasteiger partial charge in [0.25, 0.3) is 5.91 Å². The number of carbonyl (C=O) groups is 2. The molecular weight excluding hydrogens is 536 g/mol. The normalized spacial score (nSPS) is 15.1. The molecule has 4 heterocycles. The maximum atomic E-state index is 13.0. The van der Waals surface area contributed by atoms with Gasteiger partial charge in [-0.05, 0) is 29.8 Å². The highest BCUT2D eigenvalue weighted by molar-refractivity contribution is 6.03. The molecule has 12 nitrogen and oxygen atoms in total. The Morgan fingerprint density at radius 3 is 2.64 bits per heavy atom. The zero-order valence-corrected chi connectivity index (χ0v) is 23.0. The summed E-state index contributed by atoms with van der Waals surface area (Å²) in [4.78, 5) is 41.5. The zero-order valence-electron chi connectivity index (χ0n) is 23.0. The van der Waals surface area contributed by atoms with E-state index in [1.54, 1.807) is 34.8 Å². The van der Waals surface area contributed by atoms with Crippen LogP contribution in [0.15, 0.2) is 79.0 Å². The van der Waals surface area contributed by atoms with Crippen LogP contribution in [0.3, 0.4) is 0 Å². The smallest absolute Gasteiger partial charge is 0.410 e. The Bertz CT molecular complexity index is 1670. The summed E-state index contributed by atoms with van der Waals surface area (Å²) in [5.41, 5.74) is 3.77. The first-order chi connectivity index (χ1) is 20.5. The van der Waals surface area contributed by atoms with Gasteiger partial charge in [-0.2, -0.15) is 5.10 Å². The molecule has 214 valence electrons. The van der Waals surface area contributed by atoms with E-state index in [-0.39, 0.29) is 19.1 Å². The van der Waals surface area contributed by atoms with Gasteiger partial charge in [0.15, 0.2) is 11.6 Å². The van der Waals surface area contributed by atoms with Crippen LogP contribution < -0.4 is 10.2 Å². The average Bonchev–Trinajstić information content (AvgIpc) is 3.62. The number of aliphatic hydroxyl groups is 1. The Morgan fingerprint density at radius 1 is 1.07 bits per heavy atom. The van der Waals surface area contributed by atoms with E-state index in [2.05, 4.69) is 25.4 Å². The van der Waals surface area contributed by atoms with Crippen LogP contribution in [0.5, 0.6) is 0 Å². The van der Waals surface area contributed by atoms with E-state index in [1.165, 1.54) is 6.20 Å². The maximum Gasteiger partial charge on any atom is 0.410 e. The number of para-hydroxylation sites is 2. The number of pyridine rings is 1. The first-order valence-corrected chi connectivity index (χ1v) is 13.6. The number of nitrogens with one attached hydrogen (secondary N) is 2. The minimum absolute atomic E-state index is 0.169. The third-order valence-corrected chi connectivity index (χ3v) is 7.22. The lowest BCUT2D eigenvalue weighted by Crippen LogP contribution is -2.57. The molecular formula is C30H30N8O4. The van der Waals surface area contributed by atoms with Crippen molar-refractivity contribution in [3.05, 3.63) is 90.1 Å². The molecule has 1 saturated heterocycles. The molecule has 0 aliphatic carbocycles. The van der Waals surface area contributed by atoms with Crippen LogP contribution in [0.25, 0.3) is 22.6 Å². The topological polar surface area (TPSA) is 142 Å². The number of anilines is 2. The zero-order chi connectivity index (χ0) is 29.1. The number of hydrogen-bond acceptors (Lipinski definition) is 8. The number of nitrogens with zero attached hydrogens (tertiary/aromatic N) is 6. The second-order valence-electron chi connectivity index (χ2n) is 10.0. The maximum absolute atomic E-state index is 13.0. The number of imidazole rings is 1. The largest absolute Gasteiger partial charge is 0.445 e. The van der Waals surface area contributed by atoms with Crippen LogP contribution in [-0.4, -0.2) is 79.0 Å². The van der Waals surface area contributed by atoms with Gasteiger partial charge in [0, 0.05) is 38.9 Å². The molecule has 5 aromatic rings. The lowest BCUT2D eigenvalue weighted by molar-refractivity contribution is 0.0596. The summed E-state index contributed by atoms with van der Waals surface area (Å²) < 4.78 is 7.12. The fraction of sp³-hybridized carbons (Fsp3) is 0.233. The third-order valence-electron chi connectivity index (χ3n) is 7.22. The number of piperazine rings is 1. The number of H-pyrrole nitrogens is 1. The monoisotopic (exact) mass is 566 g/mol. The Kier molecular flexibility index (Phi) is 7.52. The van der Waals surface area contributed by atoms with Crippen molar-refractivity contribution in [2.45, 2.75) is 12.6 Å². The molecule has 1 aliphatic heterocycles. The van der Waals surface area contributed by atoms with Crippen LogP contribution in [0.2, 0.25) is 0 Å². The van der Waals surface area contributed by atoms with Crippen molar-refractivity contribution in [2.24, 2.45) is 7.05 Å². The van der Waals surface area contributed by atoms with Crippen molar-refractivity contribution in [3.63, 3.8) is 0 Å². The molecule has 1 atom stereocenters. The van der Waals surface area contributed by atoms with Crippen molar-refractivity contribution < 1.29 is 19.4 Å². The van der Waals surface area contributed by atoms with E-state index in [4.69, 9.17) is 4.74 Å². The molecule has 0 radical (unpaired) electrons. The molecule has 2 amide bonds. The van der Waals surface area contributed by atoms with E-state index < -0.39 is 12.1 Å². The molecule has 12 heteroatoms. The number of aliphatic hydroxyl groups excluding tert-OH is 1. The highest BCUT2D eigenvalue weighted by Gasteiger charge is 2.31. The van der Waals surface area contributed by atoms with Crippen molar-refractivity contribution in [3.8, 4) is 11.5 Å². The molecule has 6 rings (SSSR count). The van der Waals surface area contributed by atoms with Gasteiger partial charge in [-0.3, -0.25) is 14.4 Å². The third kappa shape index (κ3) is 5.65. The second-order valence-corrected chi connectivity index (χ2v) is 10.0. The van der Waals surface area contributed by atoms with Gasteiger partial charge in [0.1, 0.15) is 18.1 Å². The Balaban J connectivity index is 1.06. The standard InChI is InChI=1S/C30H30N8O4/c1-36-25(28-32-23-9-5-6-10-24(23)33-28)15-26(35-36)34-29(40)21-11-12-27(31-16-21)37-13-14-38(22(17-37)18-39)30(41)42-19-20-7-3-2-4-8-20/h2-12,15-16,22,39H,13-14,17-19H2,1H3,(H,32,33)(H,34,35,40). The van der Waals surface area contributed by atoms with Gasteiger partial charge in [-0.15, -0.1) is 0 Å². The van der Waals surface area contributed by atoms with E-state index in [0.717, 1.165) is 22.3 Å². The highest BCUT2D eigenvalue weighted by Crippen LogP contribution is 2.23. The number of aromatic nitrogens is 5. The van der Waals surface area contributed by atoms with Crippen LogP contribution in [-0.2, 0) is 18.4 Å². The summed E-state index contributed by atoms with van der Waals surface area (Å²) in [6.45, 7) is 1.22. The minimum Gasteiger partial charge on any atom is -0.445 e. The van der Waals surface area contributed by atoms with E-state index in [1.807, 2.05) is 59.5 Å². The minimum atomic E-state index is -0.462. The van der Waals surface area contributed by atoms with Crippen LogP contribution in [0.1, 0.15) is 15.9 Å². The molecule has 1 fully saturated rings. The highest BCUT2D eigenvalue weighted by atomic mass is 16.6. The predicted octanol–water partition coefficient (Wildman–Crippen LogP) is 3.43. The Morgan fingerprint density at radius 2 is 1.88 bits per heavy atom. The van der Waals surface area contributed by atoms with Gasteiger partial charge >= 0.3 is 6.09 Å². The number of fused-ring (bicyclic) bond motifs is 1. The summed E-state index contributed by atoms with van der Waals surface area (Å²) in [6, 6.07) is 22.0. The summed E-state index contributed by atoms with van der Waals surface area (Å²) in [7, 11) is 1.79. The number of aromatic amines is 1. The molecule has 42 heavy (non-hydrogen) atoms. The Labute approximate surface area is 241 Å². The van der Waals surface area contributed by atoms with E-state index >= 15 is 0 Å². The average molecular weight is 567 g/mol. The quantitative estimate of drug-likeness (QED) is 0.272. The summed E-state index contributed by atoms with van der Waals surface area (Å²) >= 11 is 0. The van der Waals surface area contributed by atoms with Gasteiger partial charge in [-0.25, -0.2) is 14.8 Å². The van der Waals surface area contributed by atoms with Gasteiger partial charge in [0.05, 0.1) is 29.2 Å². The van der Waals surface area contributed by atoms with Crippen LogP contribution in [0.4, 0.5) is 16.4 Å². The van der Waals surface area contributed by atoms with Crippen molar-refractivity contribution in [1.82, 2.24) is 29.6 Å². The van der Waals surface area contributed by atoms with Crippen molar-refractivity contribution in [2.75, 3.05) is 36.5 Å². The molecule has 3 N–H and O–H groups in total. The number of carbonyl (C=O) groups excluding carboxylic acids is 2. The summed E-state index contributed by atoms with van der Waals surface area (Å²) in [6.07, 6.45) is 1.04. The molecule has 3 aromatic heterocycles. The fourth-order valence-corrected chi connectivity index (χ4v) is 4.98. The predicted molar refractivity (Wildman–Crippen MR) is 157 cm³/mol. The number of rotatable bonds is 7. The SMILES string of the molecule is Cn1nc(NC(=O)c2ccc(N3CCN(C(=O)OCc4ccccc4)C(CO)C3)nc2)cc1-c1nc2ccccc2[nH]1. The molecule has 1 unspecified atom stereocenters. The number of hydrogen-bond donors (Lipinski definition) is 3. The van der Waals surface area contributed by atoms with Gasteiger partial charge in [-0.1, -0.05) is 42.5 Å². The first-order valence-electron chi connectivity index (χ1n) is 13.6. The molecule has 0 saturated carbocycles. The van der Waals surface area contributed by atoms with Gasteiger partial charge < -0.3 is 25.0 Å². The second kappa shape index (κ2) is 11.7.